The van der Waals surface area contributed by atoms with Crippen molar-refractivity contribution in [1.29, 1.82) is 5.41 Å². The van der Waals surface area contributed by atoms with Gasteiger partial charge in [0.05, 0.1) is 32.1 Å². The topological polar surface area (TPSA) is 86.6 Å². The second kappa shape index (κ2) is 10.4. The molecule has 2 aliphatic heterocycles. The van der Waals surface area contributed by atoms with Crippen LogP contribution in [0.5, 0.6) is 0 Å². The van der Waals surface area contributed by atoms with Crippen LogP contribution >= 0.6 is 11.6 Å². The molecule has 2 aliphatic rings. The highest BCUT2D eigenvalue weighted by Gasteiger charge is 2.17. The largest absolute Gasteiger partial charge is 0.388 e. The maximum Gasteiger partial charge on any atom is 0.227 e. The van der Waals surface area contributed by atoms with Gasteiger partial charge in [-0.1, -0.05) is 23.7 Å². The highest BCUT2D eigenvalue weighted by molar-refractivity contribution is 6.29. The third kappa shape index (κ3) is 5.51. The lowest BCUT2D eigenvalue weighted by atomic mass is 10.0. The molecule has 0 aliphatic carbocycles. The Morgan fingerprint density at radius 3 is 2.48 bits per heavy atom. The molecular weight excluding hydrogens is 416 g/mol. The van der Waals surface area contributed by atoms with Crippen molar-refractivity contribution >= 4 is 28.9 Å². The molecule has 4 rings (SSSR count). The Labute approximate surface area is 188 Å². The average Bonchev–Trinajstić information content (AvgIpc) is 2.83. The Kier molecular flexibility index (Phi) is 7.34. The fourth-order valence-corrected chi connectivity index (χ4v) is 4.04. The first kappa shape index (κ1) is 22.0. The van der Waals surface area contributed by atoms with E-state index in [1.807, 2.05) is 25.2 Å². The van der Waals surface area contributed by atoms with Gasteiger partial charge in [0.1, 0.15) is 5.15 Å². The molecule has 0 saturated carbocycles. The van der Waals surface area contributed by atoms with Gasteiger partial charge in [-0.15, -0.1) is 0 Å². The summed E-state index contributed by atoms with van der Waals surface area (Å²) in [4.78, 5) is 13.6. The van der Waals surface area contributed by atoms with Gasteiger partial charge in [0.2, 0.25) is 5.95 Å². The lowest BCUT2D eigenvalue weighted by Gasteiger charge is -2.27. The molecule has 166 valence electrons. The molecule has 0 radical (unpaired) electrons. The Bertz CT molecular complexity index is 913. The molecule has 2 fully saturated rings. The van der Waals surface area contributed by atoms with Crippen LogP contribution in [0.1, 0.15) is 12.0 Å². The molecule has 0 atom stereocenters. The van der Waals surface area contributed by atoms with Crippen molar-refractivity contribution in [3.63, 3.8) is 0 Å². The number of morpholine rings is 2. The van der Waals surface area contributed by atoms with Gasteiger partial charge in [0.15, 0.2) is 0 Å². The summed E-state index contributed by atoms with van der Waals surface area (Å²) in [5.74, 6) is 0.624. The van der Waals surface area contributed by atoms with E-state index in [-0.39, 0.29) is 0 Å². The highest BCUT2D eigenvalue weighted by atomic mass is 35.5. The molecule has 31 heavy (non-hydrogen) atoms. The first-order valence-corrected chi connectivity index (χ1v) is 11.1. The number of hydrogen-bond donors (Lipinski definition) is 2. The van der Waals surface area contributed by atoms with E-state index in [4.69, 9.17) is 31.5 Å². The summed E-state index contributed by atoms with van der Waals surface area (Å²) in [5, 5.41) is 12.3. The zero-order valence-electron chi connectivity index (χ0n) is 17.9. The molecule has 2 saturated heterocycles. The van der Waals surface area contributed by atoms with E-state index in [0.29, 0.717) is 36.4 Å². The quantitative estimate of drug-likeness (QED) is 0.501. The fraction of sp³-hybridized carbons (Fsp3) is 0.500. The number of ether oxygens (including phenoxy) is 2. The van der Waals surface area contributed by atoms with Crippen LogP contribution in [0, 0.1) is 5.41 Å². The summed E-state index contributed by atoms with van der Waals surface area (Å²) in [6, 6.07) is 7.80. The van der Waals surface area contributed by atoms with Gasteiger partial charge in [-0.05, 0) is 6.07 Å². The van der Waals surface area contributed by atoms with Crippen molar-refractivity contribution in [2.75, 3.05) is 76.4 Å². The molecule has 0 bridgehead atoms. The summed E-state index contributed by atoms with van der Waals surface area (Å²) in [6.45, 7) is 7.12. The zero-order chi connectivity index (χ0) is 21.6. The first-order chi connectivity index (χ1) is 15.1. The number of nitrogens with one attached hydrogen (secondary N) is 2. The Morgan fingerprint density at radius 1 is 1.06 bits per heavy atom. The van der Waals surface area contributed by atoms with Crippen LogP contribution < -0.4 is 10.2 Å². The molecule has 2 N–H and O–H groups in total. The Balaban J connectivity index is 1.52. The normalized spacial score (nSPS) is 17.5. The minimum absolute atomic E-state index is 0.417. The molecule has 3 heterocycles. The number of hydrogen-bond acceptors (Lipinski definition) is 8. The number of benzene rings is 1. The van der Waals surface area contributed by atoms with E-state index in [1.54, 1.807) is 6.07 Å². The van der Waals surface area contributed by atoms with Crippen LogP contribution in [0.4, 0.5) is 11.6 Å². The van der Waals surface area contributed by atoms with Gasteiger partial charge < -0.3 is 25.1 Å². The number of anilines is 2. The summed E-state index contributed by atoms with van der Waals surface area (Å²) in [7, 11) is 1.88. The maximum atomic E-state index is 8.61. The van der Waals surface area contributed by atoms with E-state index >= 15 is 0 Å². The Morgan fingerprint density at radius 2 is 1.77 bits per heavy atom. The minimum Gasteiger partial charge on any atom is -0.388 e. The molecule has 1 aromatic carbocycles. The van der Waals surface area contributed by atoms with Crippen molar-refractivity contribution in [1.82, 2.24) is 14.9 Å². The summed E-state index contributed by atoms with van der Waals surface area (Å²) in [5.41, 5.74) is 4.15. The van der Waals surface area contributed by atoms with Crippen LogP contribution in [0.2, 0.25) is 5.15 Å². The lowest BCUT2D eigenvalue weighted by Crippen LogP contribution is -2.37. The lowest BCUT2D eigenvalue weighted by molar-refractivity contribution is 0.0392. The standard InChI is InChI=1S/C22H29ClN6O2/c1-25-20-14-16(2-3-17(20)18(24)4-5-28-6-10-30-11-7-28)19-15-21(23)27-22(26-19)29-8-12-31-13-9-29/h2-3,14-15,24-25H,4-13H2,1H3. The van der Waals surface area contributed by atoms with Crippen LogP contribution in [0.25, 0.3) is 11.3 Å². The summed E-state index contributed by atoms with van der Waals surface area (Å²) < 4.78 is 10.8. The monoisotopic (exact) mass is 444 g/mol. The summed E-state index contributed by atoms with van der Waals surface area (Å²) in [6.07, 6.45) is 0.703. The summed E-state index contributed by atoms with van der Waals surface area (Å²) >= 11 is 6.32. The van der Waals surface area contributed by atoms with Gasteiger partial charge in [-0.2, -0.15) is 0 Å². The molecule has 2 aromatic rings. The van der Waals surface area contributed by atoms with E-state index in [2.05, 4.69) is 20.1 Å². The first-order valence-electron chi connectivity index (χ1n) is 10.7. The smallest absolute Gasteiger partial charge is 0.227 e. The SMILES string of the molecule is CNc1cc(-c2cc(Cl)nc(N3CCOCC3)n2)ccc1C(=N)CCN1CCOCC1. The third-order valence-corrected chi connectivity index (χ3v) is 5.86. The molecule has 8 nitrogen and oxygen atoms in total. The van der Waals surface area contributed by atoms with Crippen molar-refractivity contribution in [3.05, 3.63) is 35.0 Å². The fourth-order valence-electron chi connectivity index (χ4n) is 3.86. The van der Waals surface area contributed by atoms with Crippen LogP contribution in [0.3, 0.4) is 0 Å². The third-order valence-electron chi connectivity index (χ3n) is 5.67. The van der Waals surface area contributed by atoms with Crippen molar-refractivity contribution in [2.45, 2.75) is 6.42 Å². The highest BCUT2D eigenvalue weighted by Crippen LogP contribution is 2.28. The Hall–Kier alpha value is -2.26. The van der Waals surface area contributed by atoms with Gasteiger partial charge in [0, 0.05) is 74.8 Å². The van der Waals surface area contributed by atoms with Gasteiger partial charge in [0.25, 0.3) is 0 Å². The predicted octanol–water partition coefficient (Wildman–Crippen LogP) is 2.77. The minimum atomic E-state index is 0.417. The maximum absolute atomic E-state index is 8.61. The van der Waals surface area contributed by atoms with Crippen LogP contribution in [-0.4, -0.2) is 86.8 Å². The average molecular weight is 445 g/mol. The number of halogens is 1. The molecule has 0 spiro atoms. The number of nitrogens with zero attached hydrogens (tertiary/aromatic N) is 4. The predicted molar refractivity (Wildman–Crippen MR) is 124 cm³/mol. The molecule has 0 unspecified atom stereocenters. The van der Waals surface area contributed by atoms with Gasteiger partial charge >= 0.3 is 0 Å². The van der Waals surface area contributed by atoms with Crippen molar-refractivity contribution in [2.24, 2.45) is 0 Å². The number of aromatic nitrogens is 2. The van der Waals surface area contributed by atoms with E-state index < -0.39 is 0 Å². The van der Waals surface area contributed by atoms with E-state index in [9.17, 15) is 0 Å². The van der Waals surface area contributed by atoms with E-state index in [0.717, 1.165) is 68.4 Å². The van der Waals surface area contributed by atoms with Crippen molar-refractivity contribution < 1.29 is 9.47 Å². The molecule has 1 aromatic heterocycles. The van der Waals surface area contributed by atoms with E-state index in [1.165, 1.54) is 0 Å². The van der Waals surface area contributed by atoms with Crippen LogP contribution in [0.15, 0.2) is 24.3 Å². The molecule has 9 heteroatoms. The number of rotatable bonds is 7. The second-order valence-electron chi connectivity index (χ2n) is 7.67. The zero-order valence-corrected chi connectivity index (χ0v) is 18.6. The molecule has 0 amide bonds. The van der Waals surface area contributed by atoms with Gasteiger partial charge in [-0.3, -0.25) is 4.90 Å². The van der Waals surface area contributed by atoms with Crippen molar-refractivity contribution in [3.8, 4) is 11.3 Å². The van der Waals surface area contributed by atoms with Crippen LogP contribution in [-0.2, 0) is 9.47 Å². The second-order valence-corrected chi connectivity index (χ2v) is 8.06. The van der Waals surface area contributed by atoms with Gasteiger partial charge in [-0.25, -0.2) is 9.97 Å². The molecular formula is C22H29ClN6O2.